The highest BCUT2D eigenvalue weighted by molar-refractivity contribution is 5.97. The van der Waals surface area contributed by atoms with Crippen LogP contribution in [0, 0.1) is 11.8 Å². The number of hydrogen-bond acceptors (Lipinski definition) is 8. The largest absolute Gasteiger partial charge is 0.388 e. The third kappa shape index (κ3) is 11.3. The molecule has 0 bridgehead atoms. The van der Waals surface area contributed by atoms with Gasteiger partial charge in [0.1, 0.15) is 35.7 Å². The first-order chi connectivity index (χ1) is 24.9. The summed E-state index contributed by atoms with van der Waals surface area (Å²) < 4.78 is 0. The Hall–Kier alpha value is -5.46. The van der Waals surface area contributed by atoms with E-state index in [1.54, 1.807) is 52.0 Å². The topological polar surface area (TPSA) is 183 Å². The number of rotatable bonds is 17. The van der Waals surface area contributed by atoms with Crippen molar-refractivity contribution in [3.8, 4) is 0 Å². The lowest BCUT2D eigenvalue weighted by molar-refractivity contribution is -0.129. The first-order valence-electron chi connectivity index (χ1n) is 17.4. The minimum atomic E-state index is -1.59. The van der Waals surface area contributed by atoms with Crippen LogP contribution in [0.2, 0.25) is 0 Å². The number of carbonyl (C=O) groups is 4. The van der Waals surface area contributed by atoms with Gasteiger partial charge in [-0.05, 0) is 60.1 Å². The number of nitrogens with zero attached hydrogens (tertiary/aromatic N) is 2. The number of aromatic nitrogens is 2. The molecule has 0 aliphatic rings. The van der Waals surface area contributed by atoms with Crippen molar-refractivity contribution in [1.82, 2.24) is 31.2 Å². The van der Waals surface area contributed by atoms with Crippen LogP contribution in [0.15, 0.2) is 109 Å². The van der Waals surface area contributed by atoms with E-state index in [0.717, 1.165) is 11.1 Å². The van der Waals surface area contributed by atoms with E-state index in [1.807, 2.05) is 60.7 Å². The van der Waals surface area contributed by atoms with Crippen molar-refractivity contribution in [3.05, 3.63) is 132 Å². The number of pyridine rings is 2. The first-order valence-corrected chi connectivity index (χ1v) is 17.4. The van der Waals surface area contributed by atoms with Gasteiger partial charge < -0.3 is 31.5 Å². The summed E-state index contributed by atoms with van der Waals surface area (Å²) in [6.07, 6.45) is 0.0520. The van der Waals surface area contributed by atoms with Crippen LogP contribution < -0.4 is 21.3 Å². The predicted octanol–water partition coefficient (Wildman–Crippen LogP) is 2.86. The molecule has 0 saturated heterocycles. The zero-order chi connectivity index (χ0) is 37.6. The Morgan fingerprint density at radius 3 is 1.17 bits per heavy atom. The predicted molar refractivity (Wildman–Crippen MR) is 197 cm³/mol. The van der Waals surface area contributed by atoms with Crippen molar-refractivity contribution in [3.63, 3.8) is 0 Å². The lowest BCUT2D eigenvalue weighted by atomic mass is 9.90. The Morgan fingerprint density at radius 2 is 0.865 bits per heavy atom. The Kier molecular flexibility index (Phi) is 14.5. The lowest BCUT2D eigenvalue weighted by Crippen LogP contribution is -2.61. The van der Waals surface area contributed by atoms with Gasteiger partial charge in [-0.2, -0.15) is 0 Å². The molecule has 4 aromatic rings. The summed E-state index contributed by atoms with van der Waals surface area (Å²) in [5, 5.41) is 35.0. The highest BCUT2D eigenvalue weighted by atomic mass is 16.3. The van der Waals surface area contributed by atoms with Gasteiger partial charge in [0.2, 0.25) is 11.8 Å². The molecule has 12 heteroatoms. The normalized spacial score (nSPS) is 14.7. The average molecular weight is 709 g/mol. The van der Waals surface area contributed by atoms with Crippen molar-refractivity contribution in [2.75, 3.05) is 0 Å². The smallest absolute Gasteiger partial charge is 0.270 e. The summed E-state index contributed by atoms with van der Waals surface area (Å²) in [7, 11) is 0. The molecule has 12 nitrogen and oxygen atoms in total. The van der Waals surface area contributed by atoms with Crippen molar-refractivity contribution >= 4 is 23.6 Å². The van der Waals surface area contributed by atoms with E-state index in [-0.39, 0.29) is 36.1 Å². The van der Waals surface area contributed by atoms with Crippen LogP contribution in [0.25, 0.3) is 0 Å². The second kappa shape index (κ2) is 19.2. The molecular weight excluding hydrogens is 660 g/mol. The van der Waals surface area contributed by atoms with Crippen molar-refractivity contribution in [2.24, 2.45) is 11.8 Å². The average Bonchev–Trinajstić information content (AvgIpc) is 3.15. The zero-order valence-corrected chi connectivity index (χ0v) is 29.8. The number of aliphatic hydroxyl groups excluding tert-OH is 2. The van der Waals surface area contributed by atoms with Gasteiger partial charge in [-0.3, -0.25) is 29.1 Å². The maximum absolute atomic E-state index is 13.8. The first kappa shape index (κ1) is 39.3. The van der Waals surface area contributed by atoms with Gasteiger partial charge in [-0.15, -0.1) is 0 Å². The molecule has 0 radical (unpaired) electrons. The van der Waals surface area contributed by atoms with Gasteiger partial charge >= 0.3 is 0 Å². The molecule has 2 heterocycles. The second-order valence-electron chi connectivity index (χ2n) is 13.4. The molecule has 52 heavy (non-hydrogen) atoms. The summed E-state index contributed by atoms with van der Waals surface area (Å²) >= 11 is 0. The minimum absolute atomic E-state index is 0.130. The van der Waals surface area contributed by atoms with Gasteiger partial charge in [-0.1, -0.05) is 100 Å². The molecule has 4 amide bonds. The standard InChI is InChI=1S/C40H48N6O6/c1-25(2)33(45-37(49)29-19-11-13-21-41-29)39(51)43-31(23-27-15-7-5-8-16-27)35(47)36(48)32(24-28-17-9-6-10-18-28)44-40(52)34(26(3)4)46-38(50)30-20-12-14-22-42-30/h5-22,25-26,31-36,47-48H,23-24H2,1-4H3,(H,43,51)(H,44,52)(H,45,49)(H,46,50)/t31-,32-,33-,34-,35+,36+/m0/s1. The summed E-state index contributed by atoms with van der Waals surface area (Å²) in [4.78, 5) is 61.8. The van der Waals surface area contributed by atoms with Gasteiger partial charge in [0.25, 0.3) is 11.8 Å². The van der Waals surface area contributed by atoms with Crippen LogP contribution in [0.5, 0.6) is 0 Å². The third-order valence-corrected chi connectivity index (χ3v) is 8.69. The molecule has 0 aliphatic carbocycles. The Morgan fingerprint density at radius 1 is 0.519 bits per heavy atom. The van der Waals surface area contributed by atoms with Gasteiger partial charge in [-0.25, -0.2) is 0 Å². The number of nitrogens with one attached hydrogen (secondary N) is 4. The van der Waals surface area contributed by atoms with Crippen LogP contribution in [0.1, 0.15) is 59.8 Å². The van der Waals surface area contributed by atoms with Gasteiger partial charge in [0.05, 0.1) is 12.1 Å². The van der Waals surface area contributed by atoms with Gasteiger partial charge in [0, 0.05) is 12.4 Å². The summed E-state index contributed by atoms with van der Waals surface area (Å²) in [5.74, 6) is -2.87. The third-order valence-electron chi connectivity index (χ3n) is 8.69. The van der Waals surface area contributed by atoms with E-state index in [0.29, 0.717) is 0 Å². The van der Waals surface area contributed by atoms with Crippen molar-refractivity contribution < 1.29 is 29.4 Å². The fourth-order valence-electron chi connectivity index (χ4n) is 5.77. The van der Waals surface area contributed by atoms with Crippen LogP contribution in [-0.4, -0.2) is 80.2 Å². The van der Waals surface area contributed by atoms with Gasteiger partial charge in [0.15, 0.2) is 0 Å². The van der Waals surface area contributed by atoms with Crippen LogP contribution in [-0.2, 0) is 22.4 Å². The van der Waals surface area contributed by atoms with E-state index in [1.165, 1.54) is 24.5 Å². The number of aliphatic hydroxyl groups is 2. The molecule has 6 atom stereocenters. The summed E-state index contributed by atoms with van der Waals surface area (Å²) in [6.45, 7) is 7.13. The molecule has 2 aromatic carbocycles. The molecular formula is C40H48N6O6. The fourth-order valence-corrected chi connectivity index (χ4v) is 5.77. The molecule has 0 aliphatic heterocycles. The fraction of sp³-hybridized carbons (Fsp3) is 0.350. The maximum Gasteiger partial charge on any atom is 0.270 e. The quantitative estimate of drug-likeness (QED) is 0.0968. The van der Waals surface area contributed by atoms with E-state index >= 15 is 0 Å². The Balaban J connectivity index is 1.60. The second-order valence-corrected chi connectivity index (χ2v) is 13.4. The van der Waals surface area contributed by atoms with Crippen LogP contribution in [0.3, 0.4) is 0 Å². The zero-order valence-electron chi connectivity index (χ0n) is 29.8. The molecule has 4 rings (SSSR count). The molecule has 0 spiro atoms. The molecule has 6 N–H and O–H groups in total. The highest BCUT2D eigenvalue weighted by Gasteiger charge is 2.37. The van der Waals surface area contributed by atoms with E-state index < -0.39 is 60.0 Å². The van der Waals surface area contributed by atoms with Crippen LogP contribution in [0.4, 0.5) is 0 Å². The molecule has 274 valence electrons. The lowest BCUT2D eigenvalue weighted by Gasteiger charge is -2.35. The van der Waals surface area contributed by atoms with Crippen molar-refractivity contribution in [2.45, 2.75) is 76.9 Å². The Labute approximate surface area is 304 Å². The monoisotopic (exact) mass is 708 g/mol. The highest BCUT2D eigenvalue weighted by Crippen LogP contribution is 2.17. The van der Waals surface area contributed by atoms with Crippen LogP contribution >= 0.6 is 0 Å². The molecule has 0 saturated carbocycles. The number of carbonyl (C=O) groups excluding carboxylic acids is 4. The van der Waals surface area contributed by atoms with E-state index in [2.05, 4.69) is 31.2 Å². The van der Waals surface area contributed by atoms with E-state index in [4.69, 9.17) is 0 Å². The summed E-state index contributed by atoms with van der Waals surface area (Å²) in [5.41, 5.74) is 1.84. The SMILES string of the molecule is CC(C)[C@H](NC(=O)c1ccccn1)C(=O)N[C@@H](Cc1ccccc1)[C@@H](O)[C@H](O)[C@H](Cc1ccccc1)NC(=O)[C@@H](NC(=O)c1ccccn1)C(C)C. The Bertz CT molecular complexity index is 1600. The van der Waals surface area contributed by atoms with Crippen molar-refractivity contribution in [1.29, 1.82) is 0 Å². The number of hydrogen-bond donors (Lipinski definition) is 6. The van der Waals surface area contributed by atoms with E-state index in [9.17, 15) is 29.4 Å². The maximum atomic E-state index is 13.8. The molecule has 2 aromatic heterocycles. The number of amides is 4. The molecule has 0 fully saturated rings. The molecule has 0 unspecified atom stereocenters. The number of benzene rings is 2. The minimum Gasteiger partial charge on any atom is -0.388 e. The summed E-state index contributed by atoms with van der Waals surface area (Å²) in [6, 6.07) is 24.0.